The van der Waals surface area contributed by atoms with E-state index >= 15 is 0 Å². The summed E-state index contributed by atoms with van der Waals surface area (Å²) in [4.78, 5) is 22.5. The lowest BCUT2D eigenvalue weighted by Crippen LogP contribution is -2.19. The van der Waals surface area contributed by atoms with E-state index in [0.717, 1.165) is 16.8 Å². The van der Waals surface area contributed by atoms with Crippen LogP contribution in [0.25, 0.3) is 0 Å². The number of carbonyl (C=O) groups excluding carboxylic acids is 1. The van der Waals surface area contributed by atoms with Crippen LogP contribution in [0.4, 0.5) is 5.69 Å². The highest BCUT2D eigenvalue weighted by atomic mass is 16.4. The minimum atomic E-state index is -0.984. The van der Waals surface area contributed by atoms with Crippen LogP contribution in [0.1, 0.15) is 16.8 Å². The molecule has 0 saturated heterocycles. The lowest BCUT2D eigenvalue weighted by Gasteiger charge is -2.09. The molecule has 110 valence electrons. The monoisotopic (exact) mass is 288 g/mol. The highest BCUT2D eigenvalue weighted by Gasteiger charge is 2.09. The molecule has 2 rings (SSSR count). The number of benzene rings is 1. The van der Waals surface area contributed by atoms with Crippen molar-refractivity contribution in [3.05, 3.63) is 41.2 Å². The minimum absolute atomic E-state index is 0.0139. The smallest absolute Gasteiger partial charge is 0.309 e. The van der Waals surface area contributed by atoms with E-state index < -0.39 is 5.97 Å². The predicted octanol–water partition coefficient (Wildman–Crippen LogP) is 1.16. The van der Waals surface area contributed by atoms with Crippen LogP contribution in [0.5, 0.6) is 0 Å². The number of amides is 1. The second-order valence-corrected chi connectivity index (χ2v) is 4.84. The van der Waals surface area contributed by atoms with E-state index in [1.165, 1.54) is 10.9 Å². The number of rotatable bonds is 5. The molecule has 0 aliphatic heterocycles. The van der Waals surface area contributed by atoms with E-state index in [4.69, 9.17) is 5.11 Å². The van der Waals surface area contributed by atoms with Gasteiger partial charge in [-0.15, -0.1) is 5.10 Å². The van der Waals surface area contributed by atoms with Crippen molar-refractivity contribution in [1.29, 1.82) is 0 Å². The molecule has 21 heavy (non-hydrogen) atoms. The molecule has 7 nitrogen and oxygen atoms in total. The van der Waals surface area contributed by atoms with Crippen LogP contribution in [0.3, 0.4) is 0 Å². The van der Waals surface area contributed by atoms with Crippen molar-refractivity contribution < 1.29 is 14.7 Å². The van der Waals surface area contributed by atoms with Gasteiger partial charge in [0.05, 0.1) is 12.1 Å². The number of aryl methyl sites for hydroxylation is 2. The standard InChI is InChI=1S/C14H16N4O3/c1-9-3-4-10(2)12(5-9)15-13(19)8-18-7-11(16-17-18)6-14(20)21/h3-5,7H,6,8H2,1-2H3,(H,15,19)(H,20,21). The molecule has 1 aromatic heterocycles. The molecule has 7 heteroatoms. The average molecular weight is 288 g/mol. The Kier molecular flexibility index (Phi) is 4.32. The SMILES string of the molecule is Cc1ccc(C)c(NC(=O)Cn2cc(CC(=O)O)nn2)c1. The largest absolute Gasteiger partial charge is 0.481 e. The van der Waals surface area contributed by atoms with E-state index in [-0.39, 0.29) is 18.9 Å². The van der Waals surface area contributed by atoms with Crippen molar-refractivity contribution in [3.8, 4) is 0 Å². The number of hydrogen-bond donors (Lipinski definition) is 2. The predicted molar refractivity (Wildman–Crippen MR) is 75.9 cm³/mol. The Bertz CT molecular complexity index is 679. The molecule has 1 aromatic carbocycles. The number of carboxylic acids is 1. The Hall–Kier alpha value is -2.70. The van der Waals surface area contributed by atoms with Gasteiger partial charge in [-0.2, -0.15) is 0 Å². The van der Waals surface area contributed by atoms with Crippen LogP contribution >= 0.6 is 0 Å². The number of anilines is 1. The van der Waals surface area contributed by atoms with Crippen LogP contribution in [-0.2, 0) is 22.6 Å². The van der Waals surface area contributed by atoms with Crippen molar-refractivity contribution in [2.24, 2.45) is 0 Å². The van der Waals surface area contributed by atoms with Gasteiger partial charge < -0.3 is 10.4 Å². The number of carboxylic acid groups (broad SMARTS) is 1. The Labute approximate surface area is 121 Å². The van der Waals surface area contributed by atoms with Gasteiger partial charge in [0.25, 0.3) is 0 Å². The first-order valence-electron chi connectivity index (χ1n) is 6.42. The number of carbonyl (C=O) groups is 2. The molecular weight excluding hydrogens is 272 g/mol. The molecule has 0 saturated carbocycles. The van der Waals surface area contributed by atoms with Crippen LogP contribution in [-0.4, -0.2) is 32.0 Å². The molecule has 0 aliphatic rings. The maximum atomic E-state index is 12.0. The van der Waals surface area contributed by atoms with E-state index in [1.54, 1.807) is 0 Å². The second kappa shape index (κ2) is 6.17. The fourth-order valence-electron chi connectivity index (χ4n) is 1.86. The van der Waals surface area contributed by atoms with Crippen LogP contribution in [0.15, 0.2) is 24.4 Å². The third kappa shape index (κ3) is 4.13. The van der Waals surface area contributed by atoms with Crippen molar-refractivity contribution in [2.75, 3.05) is 5.32 Å². The maximum absolute atomic E-state index is 12.0. The normalized spacial score (nSPS) is 10.4. The summed E-state index contributed by atoms with van der Waals surface area (Å²) >= 11 is 0. The van der Waals surface area contributed by atoms with E-state index in [2.05, 4.69) is 15.6 Å². The molecule has 0 bridgehead atoms. The summed E-state index contributed by atoms with van der Waals surface area (Å²) in [5.74, 6) is -1.22. The first-order valence-corrected chi connectivity index (χ1v) is 6.42. The first-order chi connectivity index (χ1) is 9.94. The molecule has 0 radical (unpaired) electrons. The molecule has 0 fully saturated rings. The van der Waals surface area contributed by atoms with Gasteiger partial charge in [-0.25, -0.2) is 4.68 Å². The van der Waals surface area contributed by atoms with Gasteiger partial charge in [0.15, 0.2) is 0 Å². The van der Waals surface area contributed by atoms with Crippen LogP contribution in [0, 0.1) is 13.8 Å². The Morgan fingerprint density at radius 3 is 2.81 bits per heavy atom. The van der Waals surface area contributed by atoms with Gasteiger partial charge in [0, 0.05) is 11.9 Å². The molecule has 0 aliphatic carbocycles. The summed E-state index contributed by atoms with van der Waals surface area (Å²) in [6, 6.07) is 5.80. The summed E-state index contributed by atoms with van der Waals surface area (Å²) in [7, 11) is 0. The van der Waals surface area contributed by atoms with Crippen molar-refractivity contribution in [1.82, 2.24) is 15.0 Å². The second-order valence-electron chi connectivity index (χ2n) is 4.84. The molecule has 2 aromatic rings. The van der Waals surface area contributed by atoms with Gasteiger partial charge in [0.2, 0.25) is 5.91 Å². The Morgan fingerprint density at radius 1 is 1.33 bits per heavy atom. The molecule has 1 amide bonds. The van der Waals surface area contributed by atoms with Crippen molar-refractivity contribution in [3.63, 3.8) is 0 Å². The van der Waals surface area contributed by atoms with Crippen LogP contribution < -0.4 is 5.32 Å². The summed E-state index contributed by atoms with van der Waals surface area (Å²) in [5, 5.41) is 18.9. The minimum Gasteiger partial charge on any atom is -0.481 e. The number of nitrogens with one attached hydrogen (secondary N) is 1. The zero-order valence-corrected chi connectivity index (χ0v) is 11.8. The first kappa shape index (κ1) is 14.7. The fraction of sp³-hybridized carbons (Fsp3) is 0.286. The summed E-state index contributed by atoms with van der Waals surface area (Å²) in [6.07, 6.45) is 1.25. The van der Waals surface area contributed by atoms with Gasteiger partial charge in [0.1, 0.15) is 6.54 Å². The lowest BCUT2D eigenvalue weighted by molar-refractivity contribution is -0.136. The summed E-state index contributed by atoms with van der Waals surface area (Å²) in [6.45, 7) is 3.85. The lowest BCUT2D eigenvalue weighted by atomic mass is 10.1. The quantitative estimate of drug-likeness (QED) is 0.860. The maximum Gasteiger partial charge on any atom is 0.309 e. The average Bonchev–Trinajstić information content (AvgIpc) is 2.80. The number of aliphatic carboxylic acids is 1. The number of hydrogen-bond acceptors (Lipinski definition) is 4. The number of nitrogens with zero attached hydrogens (tertiary/aromatic N) is 3. The Balaban J connectivity index is 2.00. The van der Waals surface area contributed by atoms with Crippen molar-refractivity contribution in [2.45, 2.75) is 26.8 Å². The number of aromatic nitrogens is 3. The molecule has 0 spiro atoms. The highest BCUT2D eigenvalue weighted by Crippen LogP contribution is 2.16. The van der Waals surface area contributed by atoms with Gasteiger partial charge in [-0.1, -0.05) is 17.3 Å². The molecule has 0 atom stereocenters. The topological polar surface area (TPSA) is 97.1 Å². The molecule has 0 unspecified atom stereocenters. The molecule has 1 heterocycles. The van der Waals surface area contributed by atoms with E-state index in [1.807, 2.05) is 32.0 Å². The van der Waals surface area contributed by atoms with Gasteiger partial charge in [-0.05, 0) is 31.0 Å². The summed E-state index contributed by atoms with van der Waals surface area (Å²) < 4.78 is 1.32. The zero-order valence-electron chi connectivity index (χ0n) is 11.8. The van der Waals surface area contributed by atoms with Crippen molar-refractivity contribution >= 4 is 17.6 Å². The summed E-state index contributed by atoms with van der Waals surface area (Å²) in [5.41, 5.74) is 3.10. The van der Waals surface area contributed by atoms with E-state index in [9.17, 15) is 9.59 Å². The third-order valence-corrected chi connectivity index (χ3v) is 2.89. The fourth-order valence-corrected chi connectivity index (χ4v) is 1.86. The molecule has 2 N–H and O–H groups in total. The van der Waals surface area contributed by atoms with Gasteiger partial charge in [-0.3, -0.25) is 9.59 Å². The van der Waals surface area contributed by atoms with E-state index in [0.29, 0.717) is 5.69 Å². The highest BCUT2D eigenvalue weighted by molar-refractivity contribution is 5.91. The van der Waals surface area contributed by atoms with Gasteiger partial charge >= 0.3 is 5.97 Å². The Morgan fingerprint density at radius 2 is 2.10 bits per heavy atom. The third-order valence-electron chi connectivity index (χ3n) is 2.89. The zero-order chi connectivity index (χ0) is 15.4. The molecular formula is C14H16N4O3. The van der Waals surface area contributed by atoms with Crippen LogP contribution in [0.2, 0.25) is 0 Å².